The number of nitrogens with zero attached hydrogens (tertiary/aromatic N) is 3. The van der Waals surface area contributed by atoms with E-state index in [9.17, 15) is 9.59 Å². The molecule has 0 radical (unpaired) electrons. The molecule has 2 fully saturated rings. The second-order valence-electron chi connectivity index (χ2n) is 6.42. The quantitative estimate of drug-likeness (QED) is 0.351. The zero-order valence-corrected chi connectivity index (χ0v) is 17.8. The lowest BCUT2D eigenvalue weighted by Gasteiger charge is -2.19. The van der Waals surface area contributed by atoms with Crippen LogP contribution in [0.15, 0.2) is 4.99 Å². The molecule has 25 heavy (non-hydrogen) atoms. The Balaban J connectivity index is 0.00000312. The third kappa shape index (κ3) is 6.99. The van der Waals surface area contributed by atoms with E-state index >= 15 is 0 Å². The summed E-state index contributed by atoms with van der Waals surface area (Å²) in [5, 5.41) is 6.61. The van der Waals surface area contributed by atoms with Gasteiger partial charge in [0.2, 0.25) is 11.8 Å². The fourth-order valence-corrected chi connectivity index (χ4v) is 3.23. The van der Waals surface area contributed by atoms with Crippen molar-refractivity contribution in [3.8, 4) is 0 Å². The Morgan fingerprint density at radius 2 is 1.80 bits per heavy atom. The van der Waals surface area contributed by atoms with E-state index in [1.165, 1.54) is 0 Å². The van der Waals surface area contributed by atoms with Crippen molar-refractivity contribution in [1.29, 1.82) is 0 Å². The summed E-state index contributed by atoms with van der Waals surface area (Å²) in [6.45, 7) is 8.50. The number of carbonyl (C=O) groups is 2. The zero-order chi connectivity index (χ0) is 17.4. The maximum Gasteiger partial charge on any atom is 0.224 e. The third-order valence-electron chi connectivity index (χ3n) is 4.58. The second-order valence-corrected chi connectivity index (χ2v) is 6.42. The smallest absolute Gasteiger partial charge is 0.224 e. The van der Waals surface area contributed by atoms with E-state index in [-0.39, 0.29) is 41.8 Å². The van der Waals surface area contributed by atoms with Gasteiger partial charge in [-0.25, -0.2) is 0 Å². The molecular weight excluding hydrogens is 433 g/mol. The molecular formula is C17H32IN5O2. The van der Waals surface area contributed by atoms with Crippen molar-refractivity contribution in [3.05, 3.63) is 0 Å². The van der Waals surface area contributed by atoms with Crippen molar-refractivity contribution in [1.82, 2.24) is 20.4 Å². The van der Waals surface area contributed by atoms with Crippen LogP contribution in [0.3, 0.4) is 0 Å². The minimum Gasteiger partial charge on any atom is -0.357 e. The van der Waals surface area contributed by atoms with Gasteiger partial charge in [0.25, 0.3) is 0 Å². The van der Waals surface area contributed by atoms with E-state index in [1.807, 2.05) is 23.6 Å². The highest BCUT2D eigenvalue weighted by Crippen LogP contribution is 2.11. The molecule has 1 unspecified atom stereocenters. The van der Waals surface area contributed by atoms with Crippen LogP contribution in [-0.2, 0) is 9.59 Å². The van der Waals surface area contributed by atoms with Crippen LogP contribution in [0.1, 0.15) is 46.0 Å². The van der Waals surface area contributed by atoms with Gasteiger partial charge in [0.05, 0.1) is 6.54 Å². The van der Waals surface area contributed by atoms with E-state index in [0.29, 0.717) is 19.4 Å². The third-order valence-corrected chi connectivity index (χ3v) is 4.58. The van der Waals surface area contributed by atoms with Crippen LogP contribution in [0, 0.1) is 0 Å². The van der Waals surface area contributed by atoms with E-state index in [1.54, 1.807) is 0 Å². The topological polar surface area (TPSA) is 77.0 Å². The van der Waals surface area contributed by atoms with Gasteiger partial charge >= 0.3 is 0 Å². The van der Waals surface area contributed by atoms with Crippen molar-refractivity contribution in [3.63, 3.8) is 0 Å². The Hall–Kier alpha value is -1.06. The Morgan fingerprint density at radius 3 is 2.44 bits per heavy atom. The number of nitrogens with one attached hydrogen (secondary N) is 2. The number of likely N-dealkylation sites (tertiary alicyclic amines) is 2. The van der Waals surface area contributed by atoms with Gasteiger partial charge in [-0.1, -0.05) is 6.92 Å². The lowest BCUT2D eigenvalue weighted by atomic mass is 10.3. The summed E-state index contributed by atoms with van der Waals surface area (Å²) >= 11 is 0. The van der Waals surface area contributed by atoms with Crippen LogP contribution in [-0.4, -0.2) is 72.9 Å². The average molecular weight is 465 g/mol. The molecule has 0 bridgehead atoms. The summed E-state index contributed by atoms with van der Waals surface area (Å²) in [5.41, 5.74) is 0. The second kappa shape index (κ2) is 11.5. The first-order chi connectivity index (χ1) is 11.6. The number of halogens is 1. The number of amides is 2. The summed E-state index contributed by atoms with van der Waals surface area (Å²) in [6.07, 6.45) is 4.19. The van der Waals surface area contributed by atoms with Crippen LogP contribution >= 0.6 is 24.0 Å². The highest BCUT2D eigenvalue weighted by molar-refractivity contribution is 14.0. The van der Waals surface area contributed by atoms with Crippen LogP contribution in [0.2, 0.25) is 0 Å². The molecule has 2 rings (SSSR count). The molecule has 0 aromatic carbocycles. The van der Waals surface area contributed by atoms with Crippen molar-refractivity contribution < 1.29 is 9.59 Å². The van der Waals surface area contributed by atoms with Gasteiger partial charge in [-0.05, 0) is 26.2 Å². The van der Waals surface area contributed by atoms with Gasteiger partial charge in [0.1, 0.15) is 0 Å². The fourth-order valence-electron chi connectivity index (χ4n) is 3.23. The Bertz CT molecular complexity index is 466. The molecule has 8 heteroatoms. The van der Waals surface area contributed by atoms with Gasteiger partial charge in [-0.15, -0.1) is 24.0 Å². The van der Waals surface area contributed by atoms with Crippen LogP contribution < -0.4 is 10.6 Å². The molecule has 2 saturated heterocycles. The molecule has 2 aliphatic rings. The van der Waals surface area contributed by atoms with E-state index in [2.05, 4.69) is 15.6 Å². The van der Waals surface area contributed by atoms with Crippen molar-refractivity contribution in [2.24, 2.45) is 4.99 Å². The standard InChI is InChI=1S/C17H31N5O2.HI/c1-3-15(23)22-12-8-14(13-22)20-17(18-4-2)19-9-7-16(24)21-10-5-6-11-21;/h14H,3-13H2,1-2H3,(H2,18,19,20);1H. The largest absolute Gasteiger partial charge is 0.357 e. The highest BCUT2D eigenvalue weighted by atomic mass is 127. The SMILES string of the molecule is CCNC(=NCCC(=O)N1CCCC1)NC1CCN(C(=O)CC)C1.I. The number of aliphatic imine (C=N–C) groups is 1. The van der Waals surface area contributed by atoms with Crippen molar-refractivity contribution in [2.75, 3.05) is 39.3 Å². The van der Waals surface area contributed by atoms with Crippen LogP contribution in [0.25, 0.3) is 0 Å². The highest BCUT2D eigenvalue weighted by Gasteiger charge is 2.25. The predicted molar refractivity (Wildman–Crippen MR) is 110 cm³/mol. The van der Waals surface area contributed by atoms with Crippen LogP contribution in [0.4, 0.5) is 0 Å². The number of rotatable bonds is 6. The van der Waals surface area contributed by atoms with Gasteiger partial charge in [0, 0.05) is 51.6 Å². The minimum absolute atomic E-state index is 0. The lowest BCUT2D eigenvalue weighted by Crippen LogP contribution is -2.45. The average Bonchev–Trinajstić information content (AvgIpc) is 3.26. The molecule has 0 aromatic rings. The molecule has 7 nitrogen and oxygen atoms in total. The first kappa shape index (κ1) is 22.0. The molecule has 2 aliphatic heterocycles. The number of hydrogen-bond donors (Lipinski definition) is 2. The van der Waals surface area contributed by atoms with Gasteiger partial charge in [-0.3, -0.25) is 14.6 Å². The summed E-state index contributed by atoms with van der Waals surface area (Å²) in [5.74, 6) is 1.15. The zero-order valence-electron chi connectivity index (χ0n) is 15.4. The molecule has 2 N–H and O–H groups in total. The fraction of sp³-hybridized carbons (Fsp3) is 0.824. The summed E-state index contributed by atoms with van der Waals surface area (Å²) < 4.78 is 0. The molecule has 0 saturated carbocycles. The predicted octanol–water partition coefficient (Wildman–Crippen LogP) is 1.18. The van der Waals surface area contributed by atoms with Crippen molar-refractivity contribution >= 4 is 41.8 Å². The normalized spacial score (nSPS) is 20.4. The molecule has 0 aromatic heterocycles. The first-order valence-electron chi connectivity index (χ1n) is 9.24. The lowest BCUT2D eigenvalue weighted by molar-refractivity contribution is -0.130. The molecule has 144 valence electrons. The molecule has 2 heterocycles. The Morgan fingerprint density at radius 1 is 1.08 bits per heavy atom. The number of hydrogen-bond acceptors (Lipinski definition) is 3. The molecule has 1 atom stereocenters. The monoisotopic (exact) mass is 465 g/mol. The van der Waals surface area contributed by atoms with Gasteiger partial charge in [0.15, 0.2) is 5.96 Å². The van der Waals surface area contributed by atoms with Crippen LogP contribution in [0.5, 0.6) is 0 Å². The first-order valence-corrected chi connectivity index (χ1v) is 9.24. The van der Waals surface area contributed by atoms with Gasteiger partial charge in [-0.2, -0.15) is 0 Å². The van der Waals surface area contributed by atoms with Crippen molar-refractivity contribution in [2.45, 2.75) is 52.0 Å². The number of carbonyl (C=O) groups excluding carboxylic acids is 2. The summed E-state index contributed by atoms with van der Waals surface area (Å²) in [4.78, 5) is 32.2. The van der Waals surface area contributed by atoms with E-state index in [0.717, 1.165) is 57.9 Å². The maximum atomic E-state index is 12.1. The number of guanidine groups is 1. The summed E-state index contributed by atoms with van der Waals surface area (Å²) in [7, 11) is 0. The molecule has 0 aliphatic carbocycles. The van der Waals surface area contributed by atoms with E-state index in [4.69, 9.17) is 0 Å². The Labute approximate surface area is 168 Å². The summed E-state index contributed by atoms with van der Waals surface area (Å²) in [6, 6.07) is 0.229. The minimum atomic E-state index is 0. The maximum absolute atomic E-state index is 12.1. The van der Waals surface area contributed by atoms with Gasteiger partial charge < -0.3 is 20.4 Å². The van der Waals surface area contributed by atoms with E-state index < -0.39 is 0 Å². The Kier molecular flexibility index (Phi) is 10.1. The molecule has 0 spiro atoms. The molecule has 2 amide bonds.